The molecule has 2 aliphatic carbocycles. The fourth-order valence-electron chi connectivity index (χ4n) is 4.69. The Morgan fingerprint density at radius 1 is 1.27 bits per heavy atom. The summed E-state index contributed by atoms with van der Waals surface area (Å²) in [6.45, 7) is 0. The molecule has 1 aromatic carbocycles. The van der Waals surface area contributed by atoms with E-state index in [1.807, 2.05) is 0 Å². The standard InChI is InChI=1S/C19H18ClFO5/c20-6-5-13(17(22)9-1-3-11(21)4-2-9)25-18(23)15-10-7-12-14(8-10)26-19(24)16(12)15/h1-4,10,12-16H,5-8H2/t10-,12+,13+,14+,15-,16+/m1/s1. The SMILES string of the molecule is O=C(O[C@@H](CCCl)C(=O)c1ccc(F)cc1)[C@@H]1[C@@H]2C[C@@H]3[C@@H]1C(=O)O[C@H]3C2. The molecule has 4 rings (SSSR count). The molecule has 26 heavy (non-hydrogen) atoms. The summed E-state index contributed by atoms with van der Waals surface area (Å²) >= 11 is 5.77. The highest BCUT2D eigenvalue weighted by atomic mass is 35.5. The number of ether oxygens (including phenoxy) is 2. The van der Waals surface area contributed by atoms with Gasteiger partial charge in [0.2, 0.25) is 5.78 Å². The summed E-state index contributed by atoms with van der Waals surface area (Å²) in [6, 6.07) is 5.06. The van der Waals surface area contributed by atoms with Gasteiger partial charge in [-0.1, -0.05) is 0 Å². The fraction of sp³-hybridized carbons (Fsp3) is 0.526. The molecule has 3 aliphatic rings. The Bertz CT molecular complexity index is 747. The number of fused-ring (bicyclic) bond motifs is 1. The van der Waals surface area contributed by atoms with Crippen LogP contribution in [0.15, 0.2) is 24.3 Å². The zero-order valence-electron chi connectivity index (χ0n) is 13.9. The molecule has 2 bridgehead atoms. The van der Waals surface area contributed by atoms with Gasteiger partial charge < -0.3 is 9.47 Å². The van der Waals surface area contributed by atoms with Crippen molar-refractivity contribution in [1.29, 1.82) is 0 Å². The van der Waals surface area contributed by atoms with E-state index in [0.717, 1.165) is 6.42 Å². The maximum atomic E-state index is 13.1. The lowest BCUT2D eigenvalue weighted by Crippen LogP contribution is -2.37. The average Bonchev–Trinajstić information content (AvgIpc) is 3.23. The largest absolute Gasteiger partial charge is 0.462 e. The predicted octanol–water partition coefficient (Wildman–Crippen LogP) is 2.75. The van der Waals surface area contributed by atoms with Crippen LogP contribution in [-0.2, 0) is 19.1 Å². The van der Waals surface area contributed by atoms with Crippen molar-refractivity contribution in [2.24, 2.45) is 23.7 Å². The van der Waals surface area contributed by atoms with Gasteiger partial charge in [0.05, 0.1) is 11.8 Å². The van der Waals surface area contributed by atoms with Crippen LogP contribution in [-0.4, -0.2) is 35.8 Å². The number of esters is 2. The maximum absolute atomic E-state index is 13.1. The molecule has 3 fully saturated rings. The zero-order valence-corrected chi connectivity index (χ0v) is 14.7. The highest BCUT2D eigenvalue weighted by Gasteiger charge is 2.64. The lowest BCUT2D eigenvalue weighted by atomic mass is 9.80. The number of hydrogen-bond acceptors (Lipinski definition) is 5. The number of carbonyl (C=O) groups is 3. The average molecular weight is 381 g/mol. The minimum atomic E-state index is -1.04. The number of benzene rings is 1. The summed E-state index contributed by atoms with van der Waals surface area (Å²) < 4.78 is 23.9. The summed E-state index contributed by atoms with van der Waals surface area (Å²) in [5, 5.41) is 0. The number of alkyl halides is 1. The molecule has 1 heterocycles. The first-order valence-electron chi connectivity index (χ1n) is 8.76. The zero-order chi connectivity index (χ0) is 18.4. The lowest BCUT2D eigenvalue weighted by molar-refractivity contribution is -0.158. The summed E-state index contributed by atoms with van der Waals surface area (Å²) in [6.07, 6.45) is 0.507. The third-order valence-corrected chi connectivity index (χ3v) is 6.02. The highest BCUT2D eigenvalue weighted by molar-refractivity contribution is 6.18. The van der Waals surface area contributed by atoms with Gasteiger partial charge in [-0.15, -0.1) is 11.6 Å². The van der Waals surface area contributed by atoms with Crippen molar-refractivity contribution in [3.63, 3.8) is 0 Å². The van der Waals surface area contributed by atoms with E-state index in [1.54, 1.807) is 0 Å². The molecule has 0 aromatic heterocycles. The normalized spacial score (nSPS) is 32.4. The van der Waals surface area contributed by atoms with E-state index < -0.39 is 35.5 Å². The second kappa shape index (κ2) is 6.65. The van der Waals surface area contributed by atoms with Crippen molar-refractivity contribution in [3.05, 3.63) is 35.6 Å². The molecule has 1 aliphatic heterocycles. The number of hydrogen-bond donors (Lipinski definition) is 0. The molecule has 1 saturated heterocycles. The topological polar surface area (TPSA) is 69.7 Å². The monoisotopic (exact) mass is 380 g/mol. The van der Waals surface area contributed by atoms with Crippen LogP contribution in [0.1, 0.15) is 29.6 Å². The molecule has 0 radical (unpaired) electrons. The number of rotatable bonds is 6. The molecule has 1 aromatic rings. The van der Waals surface area contributed by atoms with Crippen LogP contribution in [0.5, 0.6) is 0 Å². The van der Waals surface area contributed by atoms with E-state index in [-0.39, 0.29) is 41.8 Å². The molecule has 7 heteroatoms. The molecule has 5 nitrogen and oxygen atoms in total. The van der Waals surface area contributed by atoms with Gasteiger partial charge in [-0.05, 0) is 43.0 Å². The first-order valence-corrected chi connectivity index (χ1v) is 9.29. The molecule has 0 unspecified atom stereocenters. The van der Waals surface area contributed by atoms with E-state index in [1.165, 1.54) is 24.3 Å². The van der Waals surface area contributed by atoms with Gasteiger partial charge in [-0.2, -0.15) is 0 Å². The van der Waals surface area contributed by atoms with Crippen LogP contribution in [0, 0.1) is 29.5 Å². The first-order chi connectivity index (χ1) is 12.5. The number of ketones is 1. The Balaban J connectivity index is 1.50. The first kappa shape index (κ1) is 17.5. The number of carbonyl (C=O) groups excluding carboxylic acids is 3. The Morgan fingerprint density at radius 2 is 2.00 bits per heavy atom. The summed E-state index contributed by atoms with van der Waals surface area (Å²) in [7, 11) is 0. The van der Waals surface area contributed by atoms with Crippen LogP contribution >= 0.6 is 11.6 Å². The summed E-state index contributed by atoms with van der Waals surface area (Å²) in [5.74, 6) is -2.47. The van der Waals surface area contributed by atoms with Gasteiger partial charge >= 0.3 is 11.9 Å². The minimum absolute atomic E-state index is 0.0616. The van der Waals surface area contributed by atoms with Crippen molar-refractivity contribution in [1.82, 2.24) is 0 Å². The van der Waals surface area contributed by atoms with Crippen LogP contribution in [0.4, 0.5) is 4.39 Å². The van der Waals surface area contributed by atoms with Gasteiger partial charge in [0.25, 0.3) is 0 Å². The number of Topliss-reactive ketones (excluding diaryl/α,β-unsaturated/α-hetero) is 1. The molecular formula is C19H18ClFO5. The van der Waals surface area contributed by atoms with Crippen molar-refractivity contribution in [3.8, 4) is 0 Å². The highest BCUT2D eigenvalue weighted by Crippen LogP contribution is 2.58. The van der Waals surface area contributed by atoms with Crippen molar-refractivity contribution in [2.45, 2.75) is 31.5 Å². The Hall–Kier alpha value is -1.95. The molecule has 6 atom stereocenters. The van der Waals surface area contributed by atoms with Gasteiger partial charge in [0.1, 0.15) is 11.9 Å². The van der Waals surface area contributed by atoms with Crippen molar-refractivity contribution in [2.75, 3.05) is 5.88 Å². The van der Waals surface area contributed by atoms with Crippen molar-refractivity contribution >= 4 is 29.3 Å². The van der Waals surface area contributed by atoms with Crippen LogP contribution in [0.25, 0.3) is 0 Å². The number of halogens is 2. The predicted molar refractivity (Wildman–Crippen MR) is 89.0 cm³/mol. The quantitative estimate of drug-likeness (QED) is 0.431. The third kappa shape index (κ3) is 2.80. The maximum Gasteiger partial charge on any atom is 0.310 e. The van der Waals surface area contributed by atoms with Gasteiger partial charge in [0, 0.05) is 23.8 Å². The van der Waals surface area contributed by atoms with Crippen molar-refractivity contribution < 1.29 is 28.2 Å². The third-order valence-electron chi connectivity index (χ3n) is 5.81. The van der Waals surface area contributed by atoms with Crippen LogP contribution in [0.3, 0.4) is 0 Å². The van der Waals surface area contributed by atoms with Crippen LogP contribution < -0.4 is 0 Å². The van der Waals surface area contributed by atoms with Gasteiger partial charge in [0.15, 0.2) is 6.10 Å². The summed E-state index contributed by atoms with van der Waals surface area (Å²) in [4.78, 5) is 37.4. The second-order valence-corrected chi connectivity index (χ2v) is 7.57. The van der Waals surface area contributed by atoms with Crippen LogP contribution in [0.2, 0.25) is 0 Å². The van der Waals surface area contributed by atoms with E-state index in [9.17, 15) is 18.8 Å². The Labute approximate surface area is 154 Å². The van der Waals surface area contributed by atoms with Gasteiger partial charge in [-0.25, -0.2) is 4.39 Å². The second-order valence-electron chi connectivity index (χ2n) is 7.20. The van der Waals surface area contributed by atoms with E-state index in [4.69, 9.17) is 21.1 Å². The molecule has 0 amide bonds. The smallest absolute Gasteiger partial charge is 0.310 e. The fourth-order valence-corrected chi connectivity index (χ4v) is 4.88. The molecule has 138 valence electrons. The van der Waals surface area contributed by atoms with E-state index >= 15 is 0 Å². The van der Waals surface area contributed by atoms with E-state index in [2.05, 4.69) is 0 Å². The minimum Gasteiger partial charge on any atom is -0.462 e. The van der Waals surface area contributed by atoms with Gasteiger partial charge in [-0.3, -0.25) is 14.4 Å². The lowest BCUT2D eigenvalue weighted by Gasteiger charge is -2.25. The summed E-state index contributed by atoms with van der Waals surface area (Å²) in [5.41, 5.74) is 0.252. The Morgan fingerprint density at radius 3 is 2.69 bits per heavy atom. The van der Waals surface area contributed by atoms with E-state index in [0.29, 0.717) is 6.42 Å². The molecule has 2 saturated carbocycles. The molecular weight excluding hydrogens is 363 g/mol. The molecule has 0 spiro atoms. The Kier molecular flexibility index (Phi) is 4.47. The molecule has 0 N–H and O–H groups in total.